The molecule has 0 fully saturated rings. The number of anilines is 1. The molecule has 0 aliphatic heterocycles. The minimum atomic E-state index is -4.15. The standard InChI is InChI=1S/C6H4ClF2IN2O2S/c7-15(13,14)5-2(11)1-12-4(3(5)10)6(8)9/h1,6H,11H2. The number of aromatic nitrogens is 1. The lowest BCUT2D eigenvalue weighted by Crippen LogP contribution is -2.06. The smallest absolute Gasteiger partial charge is 0.281 e. The van der Waals surface area contributed by atoms with E-state index in [-0.39, 0.29) is 9.26 Å². The Bertz CT molecular complexity index is 494. The van der Waals surface area contributed by atoms with Crippen molar-refractivity contribution in [3.05, 3.63) is 15.5 Å². The van der Waals surface area contributed by atoms with Gasteiger partial charge in [0, 0.05) is 10.7 Å². The van der Waals surface area contributed by atoms with E-state index < -0.39 is 26.1 Å². The molecular weight excluding hydrogens is 364 g/mol. The molecule has 4 nitrogen and oxygen atoms in total. The van der Waals surface area contributed by atoms with Crippen molar-refractivity contribution >= 4 is 48.0 Å². The third-order valence-corrected chi connectivity index (χ3v) is 4.33. The van der Waals surface area contributed by atoms with Crippen molar-refractivity contribution in [1.29, 1.82) is 0 Å². The molecule has 2 N–H and O–H groups in total. The van der Waals surface area contributed by atoms with Gasteiger partial charge in [0.1, 0.15) is 10.6 Å². The highest BCUT2D eigenvalue weighted by molar-refractivity contribution is 14.1. The monoisotopic (exact) mass is 368 g/mol. The third-order valence-electron chi connectivity index (χ3n) is 1.48. The molecule has 0 spiro atoms. The molecule has 0 aromatic carbocycles. The molecule has 0 aliphatic carbocycles. The first-order valence-electron chi connectivity index (χ1n) is 3.42. The van der Waals surface area contributed by atoms with Gasteiger partial charge in [-0.2, -0.15) is 0 Å². The van der Waals surface area contributed by atoms with Crippen LogP contribution in [0.3, 0.4) is 0 Å². The second-order valence-corrected chi connectivity index (χ2v) is 6.06. The number of nitrogens with zero attached hydrogens (tertiary/aromatic N) is 1. The minimum absolute atomic E-state index is 0.251. The zero-order valence-corrected chi connectivity index (χ0v) is 10.6. The fourth-order valence-corrected chi connectivity index (χ4v) is 4.00. The van der Waals surface area contributed by atoms with Gasteiger partial charge in [-0.05, 0) is 22.6 Å². The Balaban J connectivity index is 3.59. The van der Waals surface area contributed by atoms with E-state index in [4.69, 9.17) is 16.4 Å². The topological polar surface area (TPSA) is 73.0 Å². The molecule has 0 bridgehead atoms. The molecule has 1 aromatic heterocycles. The first-order valence-corrected chi connectivity index (χ1v) is 6.80. The number of nitrogens with two attached hydrogens (primary N) is 1. The van der Waals surface area contributed by atoms with Gasteiger partial charge in [-0.15, -0.1) is 0 Å². The Morgan fingerprint density at radius 2 is 2.07 bits per heavy atom. The second kappa shape index (κ2) is 4.34. The molecule has 15 heavy (non-hydrogen) atoms. The highest BCUT2D eigenvalue weighted by Gasteiger charge is 2.25. The van der Waals surface area contributed by atoms with Crippen molar-refractivity contribution in [1.82, 2.24) is 4.98 Å². The molecule has 0 saturated heterocycles. The summed E-state index contributed by atoms with van der Waals surface area (Å²) in [6.07, 6.45) is -2.03. The van der Waals surface area contributed by atoms with E-state index in [2.05, 4.69) is 4.98 Å². The van der Waals surface area contributed by atoms with Gasteiger partial charge in [-0.25, -0.2) is 17.2 Å². The SMILES string of the molecule is Nc1cnc(C(F)F)c(I)c1S(=O)(=O)Cl. The summed E-state index contributed by atoms with van der Waals surface area (Å²) < 4.78 is 46.6. The fourth-order valence-electron chi connectivity index (χ4n) is 0.897. The van der Waals surface area contributed by atoms with Crippen LogP contribution in [0.15, 0.2) is 11.1 Å². The molecule has 1 rings (SSSR count). The summed E-state index contributed by atoms with van der Waals surface area (Å²) in [7, 11) is 0.907. The third kappa shape index (κ3) is 2.67. The highest BCUT2D eigenvalue weighted by atomic mass is 127. The average Bonchev–Trinajstić information content (AvgIpc) is 2.00. The predicted molar refractivity (Wildman–Crippen MR) is 59.4 cm³/mol. The van der Waals surface area contributed by atoms with Crippen LogP contribution in [0.1, 0.15) is 12.1 Å². The number of nitrogen functional groups attached to an aromatic ring is 1. The van der Waals surface area contributed by atoms with E-state index >= 15 is 0 Å². The number of hydrogen-bond donors (Lipinski definition) is 1. The number of hydrogen-bond acceptors (Lipinski definition) is 4. The molecule has 0 radical (unpaired) electrons. The molecule has 9 heteroatoms. The maximum Gasteiger partial charge on any atom is 0.281 e. The van der Waals surface area contributed by atoms with Crippen molar-refractivity contribution in [2.75, 3.05) is 5.73 Å². The first-order chi connectivity index (χ1) is 6.75. The van der Waals surface area contributed by atoms with Crippen molar-refractivity contribution in [2.24, 2.45) is 0 Å². The number of pyridine rings is 1. The number of rotatable bonds is 2. The molecule has 0 aliphatic rings. The Labute approximate surface area is 102 Å². The Morgan fingerprint density at radius 3 is 2.47 bits per heavy atom. The number of halogens is 4. The van der Waals surface area contributed by atoms with E-state index in [1.165, 1.54) is 22.6 Å². The molecular formula is C6H4ClF2IN2O2S. The van der Waals surface area contributed by atoms with E-state index in [0.717, 1.165) is 6.20 Å². The largest absolute Gasteiger partial charge is 0.396 e. The molecule has 0 saturated carbocycles. The normalized spacial score (nSPS) is 12.1. The summed E-state index contributed by atoms with van der Waals surface area (Å²) in [4.78, 5) is 2.83. The molecule has 0 unspecified atom stereocenters. The van der Waals surface area contributed by atoms with Crippen LogP contribution in [-0.4, -0.2) is 13.4 Å². The molecule has 1 heterocycles. The summed E-state index contributed by atoms with van der Waals surface area (Å²) in [5, 5.41) is 0. The minimum Gasteiger partial charge on any atom is -0.396 e. The van der Waals surface area contributed by atoms with Crippen LogP contribution in [0.25, 0.3) is 0 Å². The van der Waals surface area contributed by atoms with Gasteiger partial charge in [0.25, 0.3) is 15.5 Å². The van der Waals surface area contributed by atoms with Gasteiger partial charge in [-0.1, -0.05) is 0 Å². The van der Waals surface area contributed by atoms with Crippen LogP contribution >= 0.6 is 33.3 Å². The predicted octanol–water partition coefficient (Wildman–Crippen LogP) is 2.13. The lowest BCUT2D eigenvalue weighted by molar-refractivity contribution is 0.144. The molecule has 0 atom stereocenters. The zero-order chi connectivity index (χ0) is 11.8. The highest BCUT2D eigenvalue weighted by Crippen LogP contribution is 2.32. The van der Waals surface area contributed by atoms with Gasteiger partial charge in [0.05, 0.1) is 15.5 Å². The van der Waals surface area contributed by atoms with Crippen LogP contribution in [0.4, 0.5) is 14.5 Å². The van der Waals surface area contributed by atoms with Gasteiger partial charge in [0.15, 0.2) is 0 Å². The maximum absolute atomic E-state index is 12.4. The van der Waals surface area contributed by atoms with Crippen molar-refractivity contribution in [3.63, 3.8) is 0 Å². The van der Waals surface area contributed by atoms with Crippen LogP contribution < -0.4 is 5.73 Å². The summed E-state index contributed by atoms with van der Waals surface area (Å²) in [5.41, 5.74) is 4.40. The van der Waals surface area contributed by atoms with Gasteiger partial charge in [0.2, 0.25) is 0 Å². The van der Waals surface area contributed by atoms with Crippen LogP contribution in [0, 0.1) is 3.57 Å². The maximum atomic E-state index is 12.4. The molecule has 0 amide bonds. The number of alkyl halides is 2. The van der Waals surface area contributed by atoms with Crippen LogP contribution in [-0.2, 0) is 9.05 Å². The second-order valence-electron chi connectivity index (χ2n) is 2.48. The summed E-state index contributed by atoms with van der Waals surface area (Å²) in [6.45, 7) is 0. The van der Waals surface area contributed by atoms with Gasteiger partial charge >= 0.3 is 0 Å². The summed E-state index contributed by atoms with van der Waals surface area (Å²) in [5.74, 6) is 0. The van der Waals surface area contributed by atoms with Crippen LogP contribution in [0.5, 0.6) is 0 Å². The average molecular weight is 369 g/mol. The van der Waals surface area contributed by atoms with E-state index in [1.54, 1.807) is 0 Å². The Hall–Kier alpha value is -0.220. The van der Waals surface area contributed by atoms with Crippen molar-refractivity contribution < 1.29 is 17.2 Å². The van der Waals surface area contributed by atoms with Crippen molar-refractivity contribution in [2.45, 2.75) is 11.3 Å². The Kier molecular flexibility index (Phi) is 3.71. The molecule has 1 aromatic rings. The first kappa shape index (κ1) is 12.8. The molecule has 84 valence electrons. The Morgan fingerprint density at radius 1 is 1.53 bits per heavy atom. The quantitative estimate of drug-likeness (QED) is 0.641. The summed E-state index contributed by atoms with van der Waals surface area (Å²) in [6, 6.07) is 0. The van der Waals surface area contributed by atoms with E-state index in [1.807, 2.05) is 0 Å². The van der Waals surface area contributed by atoms with Crippen LogP contribution in [0.2, 0.25) is 0 Å². The van der Waals surface area contributed by atoms with Gasteiger partial charge < -0.3 is 5.73 Å². The fraction of sp³-hybridized carbons (Fsp3) is 0.167. The summed E-state index contributed by atoms with van der Waals surface area (Å²) >= 11 is 1.42. The lowest BCUT2D eigenvalue weighted by atomic mass is 10.3. The van der Waals surface area contributed by atoms with E-state index in [9.17, 15) is 17.2 Å². The lowest BCUT2D eigenvalue weighted by Gasteiger charge is -2.08. The van der Waals surface area contributed by atoms with E-state index in [0.29, 0.717) is 0 Å². The van der Waals surface area contributed by atoms with Crippen molar-refractivity contribution in [3.8, 4) is 0 Å². The zero-order valence-electron chi connectivity index (χ0n) is 6.92. The van der Waals surface area contributed by atoms with Gasteiger partial charge in [-0.3, -0.25) is 4.98 Å².